The lowest BCUT2D eigenvalue weighted by atomic mass is 10.0. The molecular weight excluding hydrogens is 393 g/mol. The van der Waals surface area contributed by atoms with Gasteiger partial charge in [0.2, 0.25) is 0 Å². The third-order valence-corrected chi connectivity index (χ3v) is 5.18. The summed E-state index contributed by atoms with van der Waals surface area (Å²) in [6.07, 6.45) is 1.11. The molecule has 0 spiro atoms. The zero-order chi connectivity index (χ0) is 21.3. The van der Waals surface area contributed by atoms with E-state index in [1.165, 1.54) is 42.5 Å². The summed E-state index contributed by atoms with van der Waals surface area (Å²) >= 11 is 0. The molecule has 2 amide bonds. The molecule has 2 heterocycles. The zero-order valence-electron chi connectivity index (χ0n) is 15.8. The highest BCUT2D eigenvalue weighted by atomic mass is 19.1. The van der Waals surface area contributed by atoms with Crippen LogP contribution in [0.25, 0.3) is 10.9 Å². The number of non-ortho nitro benzene ring substituents is 1. The molecule has 0 aliphatic carbocycles. The summed E-state index contributed by atoms with van der Waals surface area (Å²) < 4.78 is 13.0. The largest absolute Gasteiger partial charge is 0.349 e. The third kappa shape index (κ3) is 3.84. The molecule has 1 aliphatic rings. The van der Waals surface area contributed by atoms with Crippen LogP contribution >= 0.6 is 0 Å². The molecule has 1 aromatic heterocycles. The minimum Gasteiger partial charge on any atom is -0.349 e. The van der Waals surface area contributed by atoms with Gasteiger partial charge in [0, 0.05) is 42.2 Å². The SMILES string of the molecule is O=C(NC1CCN(C(=O)c2n[nH]c3ccc([N+](=O)[O-])cc23)CC1)c1ccc(F)cc1. The van der Waals surface area contributed by atoms with E-state index in [9.17, 15) is 24.1 Å². The highest BCUT2D eigenvalue weighted by Crippen LogP contribution is 2.24. The van der Waals surface area contributed by atoms with E-state index in [2.05, 4.69) is 15.5 Å². The molecule has 0 saturated carbocycles. The standard InChI is InChI=1S/C20H18FN5O4/c21-13-3-1-12(2-4-13)19(27)22-14-7-9-25(10-8-14)20(28)18-16-11-15(26(29)30)5-6-17(16)23-24-18/h1-6,11,14H,7-10H2,(H,22,27)(H,23,24). The number of nitro benzene ring substituents is 1. The van der Waals surface area contributed by atoms with Crippen molar-refractivity contribution in [1.29, 1.82) is 0 Å². The number of halogens is 1. The van der Waals surface area contributed by atoms with Gasteiger partial charge in [0.05, 0.1) is 10.4 Å². The predicted molar refractivity (Wildman–Crippen MR) is 106 cm³/mol. The average molecular weight is 411 g/mol. The van der Waals surface area contributed by atoms with E-state index in [0.717, 1.165) is 0 Å². The minimum absolute atomic E-state index is 0.108. The Kier molecular flexibility index (Phi) is 5.13. The lowest BCUT2D eigenvalue weighted by Crippen LogP contribution is -2.46. The molecule has 1 fully saturated rings. The summed E-state index contributed by atoms with van der Waals surface area (Å²) in [5, 5.41) is 21.1. The van der Waals surface area contributed by atoms with Gasteiger partial charge in [-0.3, -0.25) is 24.8 Å². The van der Waals surface area contributed by atoms with Gasteiger partial charge >= 0.3 is 0 Å². The maximum atomic E-state index is 13.0. The van der Waals surface area contributed by atoms with Crippen LogP contribution in [0.1, 0.15) is 33.7 Å². The van der Waals surface area contributed by atoms with Gasteiger partial charge in [0.25, 0.3) is 17.5 Å². The number of nitro groups is 1. The van der Waals surface area contributed by atoms with E-state index < -0.39 is 10.7 Å². The van der Waals surface area contributed by atoms with Gasteiger partial charge in [-0.25, -0.2) is 4.39 Å². The summed E-state index contributed by atoms with van der Waals surface area (Å²) in [4.78, 5) is 37.3. The number of aromatic amines is 1. The molecule has 2 N–H and O–H groups in total. The summed E-state index contributed by atoms with van der Waals surface area (Å²) in [5.74, 6) is -1.01. The molecule has 2 aromatic carbocycles. The summed E-state index contributed by atoms with van der Waals surface area (Å²) in [7, 11) is 0. The number of H-pyrrole nitrogens is 1. The number of rotatable bonds is 4. The van der Waals surface area contributed by atoms with Gasteiger partial charge in [-0.15, -0.1) is 0 Å². The number of likely N-dealkylation sites (tertiary alicyclic amines) is 1. The van der Waals surface area contributed by atoms with Crippen LogP contribution < -0.4 is 5.32 Å². The first kappa shape index (κ1) is 19.5. The second-order valence-electron chi connectivity index (χ2n) is 7.11. The molecule has 10 heteroatoms. The first-order valence-electron chi connectivity index (χ1n) is 9.40. The third-order valence-electron chi connectivity index (χ3n) is 5.18. The van der Waals surface area contributed by atoms with E-state index in [-0.39, 0.29) is 29.2 Å². The van der Waals surface area contributed by atoms with E-state index in [1.807, 2.05) is 0 Å². The van der Waals surface area contributed by atoms with Gasteiger partial charge in [-0.2, -0.15) is 5.10 Å². The molecule has 1 saturated heterocycles. The van der Waals surface area contributed by atoms with Crippen LogP contribution in [-0.2, 0) is 0 Å². The molecule has 30 heavy (non-hydrogen) atoms. The van der Waals surface area contributed by atoms with Crippen molar-refractivity contribution in [2.24, 2.45) is 0 Å². The van der Waals surface area contributed by atoms with E-state index >= 15 is 0 Å². The second-order valence-corrected chi connectivity index (χ2v) is 7.11. The zero-order valence-corrected chi connectivity index (χ0v) is 15.8. The van der Waals surface area contributed by atoms with Crippen LogP contribution in [0.5, 0.6) is 0 Å². The van der Waals surface area contributed by atoms with E-state index in [1.54, 1.807) is 4.90 Å². The number of piperidine rings is 1. The van der Waals surface area contributed by atoms with Crippen LogP contribution in [-0.4, -0.2) is 51.0 Å². The summed E-state index contributed by atoms with van der Waals surface area (Å²) in [6, 6.07) is 9.41. The second kappa shape index (κ2) is 7.90. The Morgan fingerprint density at radius 2 is 1.87 bits per heavy atom. The fraction of sp³-hybridized carbons (Fsp3) is 0.250. The molecule has 9 nitrogen and oxygen atoms in total. The highest BCUT2D eigenvalue weighted by Gasteiger charge is 2.27. The first-order valence-corrected chi connectivity index (χ1v) is 9.40. The van der Waals surface area contributed by atoms with Crippen molar-refractivity contribution in [3.63, 3.8) is 0 Å². The molecule has 154 valence electrons. The number of benzene rings is 2. The number of nitrogens with zero attached hydrogens (tertiary/aromatic N) is 3. The van der Waals surface area contributed by atoms with Crippen molar-refractivity contribution in [3.05, 3.63) is 69.7 Å². The lowest BCUT2D eigenvalue weighted by molar-refractivity contribution is -0.384. The number of amides is 2. The summed E-state index contributed by atoms with van der Waals surface area (Å²) in [6.45, 7) is 0.826. The van der Waals surface area contributed by atoms with Gasteiger partial charge in [-0.05, 0) is 43.2 Å². The van der Waals surface area contributed by atoms with Gasteiger partial charge in [0.15, 0.2) is 5.69 Å². The minimum atomic E-state index is -0.518. The smallest absolute Gasteiger partial charge is 0.274 e. The van der Waals surface area contributed by atoms with Crippen molar-refractivity contribution >= 4 is 28.4 Å². The number of aromatic nitrogens is 2. The molecular formula is C20H18FN5O4. The Labute approximate surface area is 170 Å². The molecule has 4 rings (SSSR count). The van der Waals surface area contributed by atoms with Crippen LogP contribution in [0, 0.1) is 15.9 Å². The maximum absolute atomic E-state index is 13.0. The quantitative estimate of drug-likeness (QED) is 0.505. The fourth-order valence-electron chi connectivity index (χ4n) is 3.53. The van der Waals surface area contributed by atoms with Crippen LogP contribution in [0.4, 0.5) is 10.1 Å². The topological polar surface area (TPSA) is 121 Å². The number of carbonyl (C=O) groups is 2. The number of hydrogen-bond acceptors (Lipinski definition) is 5. The van der Waals surface area contributed by atoms with Crippen LogP contribution in [0.3, 0.4) is 0 Å². The predicted octanol–water partition coefficient (Wildman–Crippen LogP) is 2.64. The number of hydrogen-bond donors (Lipinski definition) is 2. The molecule has 3 aromatic rings. The Hall–Kier alpha value is -3.82. The van der Waals surface area contributed by atoms with Crippen molar-refractivity contribution < 1.29 is 18.9 Å². The fourth-order valence-corrected chi connectivity index (χ4v) is 3.53. The van der Waals surface area contributed by atoms with Crippen molar-refractivity contribution in [1.82, 2.24) is 20.4 Å². The number of nitrogens with one attached hydrogen (secondary N) is 2. The Morgan fingerprint density at radius 3 is 2.53 bits per heavy atom. The van der Waals surface area contributed by atoms with Crippen LogP contribution in [0.2, 0.25) is 0 Å². The van der Waals surface area contributed by atoms with Gasteiger partial charge in [-0.1, -0.05) is 0 Å². The van der Waals surface area contributed by atoms with Crippen molar-refractivity contribution in [2.45, 2.75) is 18.9 Å². The average Bonchev–Trinajstić information content (AvgIpc) is 3.17. The number of fused-ring (bicyclic) bond motifs is 1. The van der Waals surface area contributed by atoms with Crippen molar-refractivity contribution in [3.8, 4) is 0 Å². The molecule has 0 atom stereocenters. The normalized spacial score (nSPS) is 14.6. The van der Waals surface area contributed by atoms with E-state index in [0.29, 0.717) is 42.4 Å². The van der Waals surface area contributed by atoms with Gasteiger partial charge < -0.3 is 10.2 Å². The van der Waals surface area contributed by atoms with Crippen LogP contribution in [0.15, 0.2) is 42.5 Å². The summed E-state index contributed by atoms with van der Waals surface area (Å²) in [5.41, 5.74) is 0.951. The first-order chi connectivity index (χ1) is 14.4. The maximum Gasteiger partial charge on any atom is 0.274 e. The van der Waals surface area contributed by atoms with Crippen molar-refractivity contribution in [2.75, 3.05) is 13.1 Å². The van der Waals surface area contributed by atoms with E-state index in [4.69, 9.17) is 0 Å². The molecule has 0 radical (unpaired) electrons. The number of carbonyl (C=O) groups excluding carboxylic acids is 2. The molecule has 0 unspecified atom stereocenters. The Morgan fingerprint density at radius 1 is 1.17 bits per heavy atom. The monoisotopic (exact) mass is 411 g/mol. The molecule has 0 bridgehead atoms. The Bertz CT molecular complexity index is 1120. The Balaban J connectivity index is 1.40. The van der Waals surface area contributed by atoms with Gasteiger partial charge in [0.1, 0.15) is 5.82 Å². The lowest BCUT2D eigenvalue weighted by Gasteiger charge is -2.32. The highest BCUT2D eigenvalue weighted by molar-refractivity contribution is 6.05. The molecule has 1 aliphatic heterocycles.